The number of nitrogens with zero attached hydrogens (tertiary/aromatic N) is 1. The summed E-state index contributed by atoms with van der Waals surface area (Å²) in [6.45, 7) is 7.14. The second-order valence-corrected chi connectivity index (χ2v) is 7.55. The van der Waals surface area contributed by atoms with Crippen molar-refractivity contribution >= 4 is 5.91 Å². The number of carbonyl (C=O) groups is 1. The standard InChI is InChI=1S/C20H30N2O2/c1-17(15-22-10-12-24-13-11-22)19(23)21-16-20(8-5-9-20)14-18-6-3-2-4-7-18/h2-4,6-7,17H,5,8-16H2,1H3,(H,21,23)/t17-/m1/s1. The van der Waals surface area contributed by atoms with Crippen LogP contribution in [0.3, 0.4) is 0 Å². The first-order valence-corrected chi connectivity index (χ1v) is 9.29. The molecular formula is C20H30N2O2. The van der Waals surface area contributed by atoms with E-state index in [0.717, 1.165) is 45.8 Å². The lowest BCUT2D eigenvalue weighted by molar-refractivity contribution is -0.126. The van der Waals surface area contributed by atoms with Gasteiger partial charge in [-0.2, -0.15) is 0 Å². The fourth-order valence-electron chi connectivity index (χ4n) is 3.82. The van der Waals surface area contributed by atoms with Gasteiger partial charge in [0.1, 0.15) is 0 Å². The van der Waals surface area contributed by atoms with Crippen LogP contribution in [0.1, 0.15) is 31.7 Å². The number of hydrogen-bond donors (Lipinski definition) is 1. The van der Waals surface area contributed by atoms with Crippen molar-refractivity contribution in [2.75, 3.05) is 39.4 Å². The van der Waals surface area contributed by atoms with E-state index in [-0.39, 0.29) is 17.2 Å². The summed E-state index contributed by atoms with van der Waals surface area (Å²) in [6.07, 6.45) is 4.80. The van der Waals surface area contributed by atoms with Crippen molar-refractivity contribution in [1.29, 1.82) is 0 Å². The minimum absolute atomic E-state index is 0.0388. The maximum atomic E-state index is 12.5. The zero-order chi connectivity index (χ0) is 16.8. The van der Waals surface area contributed by atoms with Crippen molar-refractivity contribution in [3.63, 3.8) is 0 Å². The number of nitrogens with one attached hydrogen (secondary N) is 1. The molecule has 1 aromatic carbocycles. The molecule has 1 atom stereocenters. The summed E-state index contributed by atoms with van der Waals surface area (Å²) in [7, 11) is 0. The van der Waals surface area contributed by atoms with Crippen LogP contribution in [-0.2, 0) is 16.0 Å². The molecule has 2 fully saturated rings. The number of ether oxygens (including phenoxy) is 1. The first-order valence-electron chi connectivity index (χ1n) is 9.29. The van der Waals surface area contributed by atoms with E-state index in [4.69, 9.17) is 4.74 Å². The molecule has 24 heavy (non-hydrogen) atoms. The molecule has 1 saturated carbocycles. The van der Waals surface area contributed by atoms with Crippen LogP contribution in [0.15, 0.2) is 30.3 Å². The third-order valence-electron chi connectivity index (χ3n) is 5.56. The van der Waals surface area contributed by atoms with Crippen LogP contribution in [-0.4, -0.2) is 50.2 Å². The molecule has 2 aliphatic rings. The number of morpholine rings is 1. The topological polar surface area (TPSA) is 41.6 Å². The van der Waals surface area contributed by atoms with Gasteiger partial charge in [-0.05, 0) is 30.2 Å². The molecule has 0 bridgehead atoms. The Balaban J connectivity index is 1.47. The monoisotopic (exact) mass is 330 g/mol. The summed E-state index contributed by atoms with van der Waals surface area (Å²) < 4.78 is 5.37. The third-order valence-corrected chi connectivity index (χ3v) is 5.56. The van der Waals surface area contributed by atoms with Crippen LogP contribution in [0, 0.1) is 11.3 Å². The maximum absolute atomic E-state index is 12.5. The van der Waals surface area contributed by atoms with Crippen LogP contribution < -0.4 is 5.32 Å². The average Bonchev–Trinajstić information content (AvgIpc) is 2.58. The molecule has 1 aliphatic heterocycles. The predicted octanol–water partition coefficient (Wildman–Crippen LogP) is 2.48. The second kappa shape index (κ2) is 8.13. The summed E-state index contributed by atoms with van der Waals surface area (Å²) in [4.78, 5) is 14.8. The van der Waals surface area contributed by atoms with Crippen LogP contribution in [0.2, 0.25) is 0 Å². The highest BCUT2D eigenvalue weighted by Gasteiger charge is 2.37. The lowest BCUT2D eigenvalue weighted by atomic mass is 9.65. The van der Waals surface area contributed by atoms with Gasteiger partial charge in [-0.15, -0.1) is 0 Å². The molecule has 1 amide bonds. The van der Waals surface area contributed by atoms with Crippen molar-refractivity contribution in [2.24, 2.45) is 11.3 Å². The fourth-order valence-corrected chi connectivity index (χ4v) is 3.82. The van der Waals surface area contributed by atoms with E-state index in [0.29, 0.717) is 0 Å². The molecule has 1 aliphatic carbocycles. The van der Waals surface area contributed by atoms with E-state index in [1.807, 2.05) is 6.92 Å². The van der Waals surface area contributed by atoms with Crippen LogP contribution in [0.5, 0.6) is 0 Å². The van der Waals surface area contributed by atoms with E-state index in [1.165, 1.54) is 24.8 Å². The van der Waals surface area contributed by atoms with E-state index in [9.17, 15) is 4.79 Å². The number of carbonyl (C=O) groups excluding carboxylic acids is 1. The summed E-state index contributed by atoms with van der Waals surface area (Å²) >= 11 is 0. The zero-order valence-corrected chi connectivity index (χ0v) is 14.8. The molecule has 0 unspecified atom stereocenters. The fraction of sp³-hybridized carbons (Fsp3) is 0.650. The lowest BCUT2D eigenvalue weighted by Crippen LogP contribution is -2.47. The third kappa shape index (κ3) is 4.58. The van der Waals surface area contributed by atoms with Gasteiger partial charge in [0.25, 0.3) is 0 Å². The van der Waals surface area contributed by atoms with Gasteiger partial charge in [-0.25, -0.2) is 0 Å². The van der Waals surface area contributed by atoms with E-state index in [1.54, 1.807) is 0 Å². The molecule has 4 nitrogen and oxygen atoms in total. The maximum Gasteiger partial charge on any atom is 0.224 e. The van der Waals surface area contributed by atoms with Gasteiger partial charge < -0.3 is 10.1 Å². The van der Waals surface area contributed by atoms with Crippen LogP contribution in [0.4, 0.5) is 0 Å². The molecule has 4 heteroatoms. The zero-order valence-electron chi connectivity index (χ0n) is 14.8. The highest BCUT2D eigenvalue weighted by Crippen LogP contribution is 2.43. The Morgan fingerprint density at radius 3 is 2.58 bits per heavy atom. The van der Waals surface area contributed by atoms with Crippen molar-refractivity contribution in [3.8, 4) is 0 Å². The molecule has 0 radical (unpaired) electrons. The molecule has 1 saturated heterocycles. The number of rotatable bonds is 7. The van der Waals surface area contributed by atoms with Gasteiger partial charge in [0.05, 0.1) is 13.2 Å². The Morgan fingerprint density at radius 2 is 1.96 bits per heavy atom. The number of benzene rings is 1. The molecule has 0 aromatic heterocycles. The smallest absolute Gasteiger partial charge is 0.224 e. The molecule has 0 spiro atoms. The molecule has 3 rings (SSSR count). The Kier molecular flexibility index (Phi) is 5.90. The molecule has 1 heterocycles. The van der Waals surface area contributed by atoms with Gasteiger partial charge in [0.2, 0.25) is 5.91 Å². The Labute approximate surface area is 145 Å². The van der Waals surface area contributed by atoms with Gasteiger partial charge >= 0.3 is 0 Å². The van der Waals surface area contributed by atoms with E-state index < -0.39 is 0 Å². The highest BCUT2D eigenvalue weighted by molar-refractivity contribution is 5.78. The largest absolute Gasteiger partial charge is 0.379 e. The Bertz CT molecular complexity index is 522. The van der Waals surface area contributed by atoms with Crippen molar-refractivity contribution in [2.45, 2.75) is 32.6 Å². The van der Waals surface area contributed by atoms with E-state index >= 15 is 0 Å². The quantitative estimate of drug-likeness (QED) is 0.835. The van der Waals surface area contributed by atoms with E-state index in [2.05, 4.69) is 40.5 Å². The van der Waals surface area contributed by atoms with Crippen LogP contribution in [0.25, 0.3) is 0 Å². The molecule has 1 aromatic rings. The van der Waals surface area contributed by atoms with Gasteiger partial charge in [0, 0.05) is 32.1 Å². The first kappa shape index (κ1) is 17.4. The SMILES string of the molecule is C[C@H](CN1CCOCC1)C(=O)NCC1(Cc2ccccc2)CCC1. The van der Waals surface area contributed by atoms with Gasteiger partial charge in [-0.1, -0.05) is 43.7 Å². The van der Waals surface area contributed by atoms with Crippen molar-refractivity contribution in [1.82, 2.24) is 10.2 Å². The molecule has 132 valence electrons. The summed E-state index contributed by atoms with van der Waals surface area (Å²) in [5.41, 5.74) is 1.66. The van der Waals surface area contributed by atoms with Crippen molar-refractivity contribution < 1.29 is 9.53 Å². The van der Waals surface area contributed by atoms with Gasteiger partial charge in [-0.3, -0.25) is 9.69 Å². The average molecular weight is 330 g/mol. The minimum Gasteiger partial charge on any atom is -0.379 e. The predicted molar refractivity (Wildman–Crippen MR) is 95.9 cm³/mol. The summed E-state index contributed by atoms with van der Waals surface area (Å²) in [5.74, 6) is 0.234. The highest BCUT2D eigenvalue weighted by atomic mass is 16.5. The van der Waals surface area contributed by atoms with Crippen molar-refractivity contribution in [3.05, 3.63) is 35.9 Å². The lowest BCUT2D eigenvalue weighted by Gasteiger charge is -2.42. The Morgan fingerprint density at radius 1 is 1.25 bits per heavy atom. The number of amides is 1. The first-order chi connectivity index (χ1) is 11.7. The normalized spacial score (nSPS) is 21.7. The second-order valence-electron chi connectivity index (χ2n) is 7.55. The van der Waals surface area contributed by atoms with Crippen LogP contribution >= 0.6 is 0 Å². The molecule has 1 N–H and O–H groups in total. The summed E-state index contributed by atoms with van der Waals surface area (Å²) in [5, 5.41) is 3.24. The molecular weight excluding hydrogens is 300 g/mol. The van der Waals surface area contributed by atoms with Gasteiger partial charge in [0.15, 0.2) is 0 Å². The summed E-state index contributed by atoms with van der Waals surface area (Å²) in [6, 6.07) is 10.7. The minimum atomic E-state index is 0.0388. The number of hydrogen-bond acceptors (Lipinski definition) is 3. The Hall–Kier alpha value is -1.39.